The maximum absolute atomic E-state index is 9.76. The van der Waals surface area contributed by atoms with Crippen LogP contribution in [0.5, 0.6) is 0 Å². The molecule has 1 rings (SSSR count). The molecule has 0 atom stereocenters. The summed E-state index contributed by atoms with van der Waals surface area (Å²) in [4.78, 5) is 0. The average molecular weight is 67.1 g/mol. The van der Waals surface area contributed by atoms with Crippen molar-refractivity contribution in [3.63, 3.8) is 0 Å². The predicted molar refractivity (Wildman–Crippen MR) is 17.9 cm³/mol. The molecule has 0 aromatic heterocycles. The Morgan fingerprint density at radius 2 is 2.00 bits per heavy atom. The SMILES string of the molecule is [O]C1=CC=C1. The first-order valence-electron chi connectivity index (χ1n) is 1.45. The largest absolute Gasteiger partial charge is 0.290 e. The molecule has 0 fully saturated rings. The molecule has 1 aliphatic carbocycles. The van der Waals surface area contributed by atoms with E-state index in [9.17, 15) is 5.11 Å². The van der Waals surface area contributed by atoms with Gasteiger partial charge in [-0.15, -0.1) is 0 Å². The topological polar surface area (TPSA) is 19.9 Å². The van der Waals surface area contributed by atoms with Crippen LogP contribution in [0.2, 0.25) is 0 Å². The molecule has 0 bridgehead atoms. The first-order chi connectivity index (χ1) is 2.39. The zero-order chi connectivity index (χ0) is 3.70. The van der Waals surface area contributed by atoms with Gasteiger partial charge in [-0.25, -0.2) is 0 Å². The van der Waals surface area contributed by atoms with Crippen LogP contribution in [-0.2, 0) is 5.11 Å². The van der Waals surface area contributed by atoms with Gasteiger partial charge in [-0.2, -0.15) is 0 Å². The predicted octanol–water partition coefficient (Wildman–Crippen LogP) is 0.871. The molecule has 25 valence electrons. The lowest BCUT2D eigenvalue weighted by atomic mass is 10.3. The van der Waals surface area contributed by atoms with Gasteiger partial charge >= 0.3 is 0 Å². The number of hydrogen-bond acceptors (Lipinski definition) is 0. The minimum absolute atomic E-state index is 0.130. The van der Waals surface area contributed by atoms with Crippen molar-refractivity contribution in [2.75, 3.05) is 0 Å². The van der Waals surface area contributed by atoms with Crippen LogP contribution in [0.15, 0.2) is 24.0 Å². The molecule has 0 spiro atoms. The summed E-state index contributed by atoms with van der Waals surface area (Å²) in [5.41, 5.74) is 0. The van der Waals surface area contributed by atoms with Gasteiger partial charge in [-0.1, -0.05) is 6.08 Å². The molecule has 0 saturated carbocycles. The Balaban J connectivity index is 2.60. The molecule has 1 radical (unpaired) electrons. The van der Waals surface area contributed by atoms with Crippen molar-refractivity contribution in [3.8, 4) is 0 Å². The molecule has 0 N–H and O–H groups in total. The summed E-state index contributed by atoms with van der Waals surface area (Å²) in [5, 5.41) is 9.76. The van der Waals surface area contributed by atoms with Crippen molar-refractivity contribution in [3.05, 3.63) is 24.0 Å². The van der Waals surface area contributed by atoms with Crippen molar-refractivity contribution in [2.45, 2.75) is 0 Å². The second-order valence-electron chi connectivity index (χ2n) is 0.928. The summed E-state index contributed by atoms with van der Waals surface area (Å²) in [5.74, 6) is 0.130. The summed E-state index contributed by atoms with van der Waals surface area (Å²) in [7, 11) is 0. The van der Waals surface area contributed by atoms with Crippen LogP contribution < -0.4 is 0 Å². The van der Waals surface area contributed by atoms with Gasteiger partial charge in [0.15, 0.2) is 5.76 Å². The van der Waals surface area contributed by atoms with Crippen molar-refractivity contribution < 1.29 is 5.11 Å². The highest BCUT2D eigenvalue weighted by atomic mass is 16.3. The van der Waals surface area contributed by atoms with Crippen molar-refractivity contribution in [1.29, 1.82) is 0 Å². The molecular formula is C4H3O. The second-order valence-corrected chi connectivity index (χ2v) is 0.928. The van der Waals surface area contributed by atoms with E-state index in [1.807, 2.05) is 0 Å². The quantitative estimate of drug-likeness (QED) is 0.400. The van der Waals surface area contributed by atoms with Gasteiger partial charge in [0.1, 0.15) is 0 Å². The van der Waals surface area contributed by atoms with E-state index < -0.39 is 0 Å². The normalized spacial score (nSPS) is 17.2. The lowest BCUT2D eigenvalue weighted by Crippen LogP contribution is -1.74. The molecule has 1 aliphatic rings. The highest BCUT2D eigenvalue weighted by molar-refractivity contribution is 5.28. The fourth-order valence-electron chi connectivity index (χ4n) is 0.175. The zero-order valence-electron chi connectivity index (χ0n) is 2.64. The van der Waals surface area contributed by atoms with Crippen LogP contribution in [0.4, 0.5) is 0 Å². The Morgan fingerprint density at radius 1 is 1.60 bits per heavy atom. The summed E-state index contributed by atoms with van der Waals surface area (Å²) < 4.78 is 0. The van der Waals surface area contributed by atoms with Gasteiger partial charge in [0, 0.05) is 0 Å². The van der Waals surface area contributed by atoms with Crippen molar-refractivity contribution in [1.82, 2.24) is 0 Å². The van der Waals surface area contributed by atoms with E-state index in [1.54, 1.807) is 6.08 Å². The smallest absolute Gasteiger partial charge is 0.178 e. The van der Waals surface area contributed by atoms with Crippen LogP contribution >= 0.6 is 0 Å². The third-order valence-electron chi connectivity index (χ3n) is 0.521. The van der Waals surface area contributed by atoms with Crippen LogP contribution in [0.25, 0.3) is 0 Å². The van der Waals surface area contributed by atoms with E-state index in [4.69, 9.17) is 0 Å². The molecule has 0 heterocycles. The Kier molecular flexibility index (Phi) is 0.307. The fraction of sp³-hybridized carbons (Fsp3) is 0. The molecule has 0 unspecified atom stereocenters. The molecule has 0 aromatic carbocycles. The molecule has 0 saturated heterocycles. The minimum Gasteiger partial charge on any atom is -0.290 e. The molecule has 0 amide bonds. The third-order valence-corrected chi connectivity index (χ3v) is 0.521. The highest BCUT2D eigenvalue weighted by Crippen LogP contribution is 2.00. The lowest BCUT2D eigenvalue weighted by molar-refractivity contribution is 0.311. The van der Waals surface area contributed by atoms with Crippen molar-refractivity contribution in [2.24, 2.45) is 0 Å². The van der Waals surface area contributed by atoms with Gasteiger partial charge in [-0.05, 0) is 12.2 Å². The summed E-state index contributed by atoms with van der Waals surface area (Å²) in [6, 6.07) is 0. The van der Waals surface area contributed by atoms with E-state index in [-0.39, 0.29) is 5.76 Å². The van der Waals surface area contributed by atoms with E-state index in [1.165, 1.54) is 12.2 Å². The summed E-state index contributed by atoms with van der Waals surface area (Å²) in [6.45, 7) is 0. The maximum atomic E-state index is 9.76. The fourth-order valence-corrected chi connectivity index (χ4v) is 0.175. The Labute approximate surface area is 30.2 Å². The first-order valence-corrected chi connectivity index (χ1v) is 1.45. The Hall–Kier alpha value is -0.720. The van der Waals surface area contributed by atoms with Gasteiger partial charge in [0.25, 0.3) is 0 Å². The standard InChI is InChI=1S/C4H3O/c5-4-2-1-3-4/h1-3H. The van der Waals surface area contributed by atoms with Crippen LogP contribution in [0, 0.1) is 0 Å². The molecule has 1 nitrogen and oxygen atoms in total. The number of allylic oxidation sites excluding steroid dienone is 3. The Morgan fingerprint density at radius 3 is 2.00 bits per heavy atom. The average Bonchev–Trinajstić information content (AvgIpc) is 1.30. The highest BCUT2D eigenvalue weighted by Gasteiger charge is 1.90. The zero-order valence-corrected chi connectivity index (χ0v) is 2.64. The second kappa shape index (κ2) is 0.612. The molecule has 0 aromatic rings. The summed E-state index contributed by atoms with van der Waals surface area (Å²) in [6.07, 6.45) is 4.78. The molecule has 5 heavy (non-hydrogen) atoms. The van der Waals surface area contributed by atoms with E-state index in [0.717, 1.165) is 0 Å². The minimum atomic E-state index is 0.130. The monoisotopic (exact) mass is 67.0 g/mol. The molecule has 0 aliphatic heterocycles. The van der Waals surface area contributed by atoms with Crippen molar-refractivity contribution >= 4 is 0 Å². The van der Waals surface area contributed by atoms with Gasteiger partial charge in [0.2, 0.25) is 0 Å². The van der Waals surface area contributed by atoms with Crippen LogP contribution in [-0.4, -0.2) is 0 Å². The van der Waals surface area contributed by atoms with Crippen LogP contribution in [0.1, 0.15) is 0 Å². The van der Waals surface area contributed by atoms with E-state index in [0.29, 0.717) is 0 Å². The third kappa shape index (κ3) is 0.193. The Bertz CT molecular complexity index is 89.8. The van der Waals surface area contributed by atoms with Gasteiger partial charge in [0.05, 0.1) is 0 Å². The van der Waals surface area contributed by atoms with Gasteiger partial charge < -0.3 is 0 Å². The summed E-state index contributed by atoms with van der Waals surface area (Å²) >= 11 is 0. The molecular weight excluding hydrogens is 64.0 g/mol. The lowest BCUT2D eigenvalue weighted by Gasteiger charge is -1.86. The van der Waals surface area contributed by atoms with Gasteiger partial charge in [-0.3, -0.25) is 5.11 Å². The number of rotatable bonds is 0. The first kappa shape index (κ1) is 2.51. The van der Waals surface area contributed by atoms with E-state index >= 15 is 0 Å². The number of hydrogen-bond donors (Lipinski definition) is 0. The maximum Gasteiger partial charge on any atom is 0.178 e. The van der Waals surface area contributed by atoms with Crippen LogP contribution in [0.3, 0.4) is 0 Å². The van der Waals surface area contributed by atoms with E-state index in [2.05, 4.69) is 0 Å². The molecule has 1 heteroatoms.